The van der Waals surface area contributed by atoms with E-state index in [2.05, 4.69) is 37.0 Å². The summed E-state index contributed by atoms with van der Waals surface area (Å²) in [7, 11) is 0. The van der Waals surface area contributed by atoms with Gasteiger partial charge in [0.1, 0.15) is 5.03 Å². The van der Waals surface area contributed by atoms with Gasteiger partial charge in [0.05, 0.1) is 11.3 Å². The van der Waals surface area contributed by atoms with E-state index >= 15 is 0 Å². The molecule has 3 nitrogen and oxygen atoms in total. The van der Waals surface area contributed by atoms with Crippen molar-refractivity contribution in [2.45, 2.75) is 25.8 Å². The van der Waals surface area contributed by atoms with Gasteiger partial charge in [0.25, 0.3) is 0 Å². The second-order valence-electron chi connectivity index (χ2n) is 4.49. The molecule has 94 valence electrons. The first-order valence-electron chi connectivity index (χ1n) is 5.77. The molecule has 0 saturated carbocycles. The van der Waals surface area contributed by atoms with Gasteiger partial charge in [-0.3, -0.25) is 4.79 Å². The van der Waals surface area contributed by atoms with Crippen LogP contribution in [0.4, 0.5) is 0 Å². The third kappa shape index (κ3) is 2.64. The minimum absolute atomic E-state index is 0.268. The predicted octanol–water partition coefficient (Wildman–Crippen LogP) is 2.74. The smallest absolute Gasteiger partial charge is 0.227 e. The van der Waals surface area contributed by atoms with Gasteiger partial charge in [-0.05, 0) is 55.7 Å². The fourth-order valence-corrected chi connectivity index (χ4v) is 2.54. The standard InChI is InChI=1S/C14H16N2OS/c1-8-4-11-5-10(3)14(18-7-13(15)17)16-12(11)6-9(8)2/h4-6H,7H2,1-3H3,(H2,15,17). The van der Waals surface area contributed by atoms with Gasteiger partial charge in [-0.15, -0.1) is 0 Å². The number of nitrogens with two attached hydrogens (primary N) is 1. The topological polar surface area (TPSA) is 56.0 Å². The zero-order valence-corrected chi connectivity index (χ0v) is 11.6. The Morgan fingerprint density at radius 3 is 2.44 bits per heavy atom. The van der Waals surface area contributed by atoms with Gasteiger partial charge < -0.3 is 5.73 Å². The molecule has 0 aliphatic carbocycles. The summed E-state index contributed by atoms with van der Waals surface area (Å²) in [5.41, 5.74) is 9.70. The Morgan fingerprint density at radius 1 is 1.17 bits per heavy atom. The molecular formula is C14H16N2OS. The Bertz CT molecular complexity index is 623. The zero-order chi connectivity index (χ0) is 13.3. The van der Waals surface area contributed by atoms with Crippen molar-refractivity contribution >= 4 is 28.6 Å². The van der Waals surface area contributed by atoms with Crippen molar-refractivity contribution in [3.8, 4) is 0 Å². The highest BCUT2D eigenvalue weighted by Gasteiger charge is 2.07. The Kier molecular flexibility index (Phi) is 3.57. The average molecular weight is 260 g/mol. The van der Waals surface area contributed by atoms with Gasteiger partial charge in [0.15, 0.2) is 0 Å². The fourth-order valence-electron chi connectivity index (χ4n) is 1.81. The van der Waals surface area contributed by atoms with E-state index in [0.29, 0.717) is 0 Å². The van der Waals surface area contributed by atoms with Crippen molar-refractivity contribution < 1.29 is 4.79 Å². The molecule has 18 heavy (non-hydrogen) atoms. The monoisotopic (exact) mass is 260 g/mol. The lowest BCUT2D eigenvalue weighted by molar-refractivity contribution is -0.115. The van der Waals surface area contributed by atoms with Crippen LogP contribution in [0.5, 0.6) is 0 Å². The van der Waals surface area contributed by atoms with E-state index in [1.54, 1.807) is 0 Å². The van der Waals surface area contributed by atoms with Crippen LogP contribution < -0.4 is 5.73 Å². The molecule has 2 rings (SSSR count). The van der Waals surface area contributed by atoms with Crippen LogP contribution in [0.15, 0.2) is 23.2 Å². The van der Waals surface area contributed by atoms with Crippen LogP contribution in [-0.2, 0) is 4.79 Å². The number of thioether (sulfide) groups is 1. The minimum atomic E-state index is -0.318. The van der Waals surface area contributed by atoms with Crippen molar-refractivity contribution in [1.29, 1.82) is 0 Å². The maximum Gasteiger partial charge on any atom is 0.227 e. The Hall–Kier alpha value is -1.55. The maximum absolute atomic E-state index is 10.8. The van der Waals surface area contributed by atoms with Gasteiger partial charge in [0.2, 0.25) is 5.91 Å². The molecule has 1 aromatic heterocycles. The van der Waals surface area contributed by atoms with Gasteiger partial charge in [-0.2, -0.15) is 0 Å². The van der Waals surface area contributed by atoms with Crippen molar-refractivity contribution in [2.75, 3.05) is 5.75 Å². The molecule has 2 aromatic rings. The Labute approximate surface area is 111 Å². The van der Waals surface area contributed by atoms with Crippen LogP contribution in [0.25, 0.3) is 10.9 Å². The molecule has 4 heteroatoms. The first kappa shape index (κ1) is 12.9. The average Bonchev–Trinajstić information content (AvgIpc) is 2.29. The molecule has 2 N–H and O–H groups in total. The van der Waals surface area contributed by atoms with Gasteiger partial charge >= 0.3 is 0 Å². The summed E-state index contributed by atoms with van der Waals surface area (Å²) in [5, 5.41) is 2.02. The summed E-state index contributed by atoms with van der Waals surface area (Å²) in [5.74, 6) is -0.0501. The van der Waals surface area contributed by atoms with E-state index < -0.39 is 0 Å². The second kappa shape index (κ2) is 4.98. The number of rotatable bonds is 3. The lowest BCUT2D eigenvalue weighted by atomic mass is 10.1. The van der Waals surface area contributed by atoms with E-state index in [9.17, 15) is 4.79 Å². The molecule has 0 saturated heterocycles. The molecule has 0 spiro atoms. The number of carbonyl (C=O) groups excluding carboxylic acids is 1. The molecule has 0 atom stereocenters. The number of benzene rings is 1. The lowest BCUT2D eigenvalue weighted by Gasteiger charge is -2.08. The van der Waals surface area contributed by atoms with E-state index in [1.807, 2.05) is 6.92 Å². The number of pyridine rings is 1. The molecule has 0 aliphatic heterocycles. The summed E-state index contributed by atoms with van der Waals surface area (Å²) in [4.78, 5) is 15.4. The van der Waals surface area contributed by atoms with E-state index in [-0.39, 0.29) is 11.7 Å². The highest BCUT2D eigenvalue weighted by molar-refractivity contribution is 7.99. The highest BCUT2D eigenvalue weighted by Crippen LogP contribution is 2.25. The van der Waals surface area contributed by atoms with Crippen molar-refractivity contribution in [1.82, 2.24) is 4.98 Å². The van der Waals surface area contributed by atoms with Crippen molar-refractivity contribution in [3.63, 3.8) is 0 Å². The van der Waals surface area contributed by atoms with Gasteiger partial charge in [-0.1, -0.05) is 11.8 Å². The highest BCUT2D eigenvalue weighted by atomic mass is 32.2. The van der Waals surface area contributed by atoms with Gasteiger partial charge in [0, 0.05) is 5.39 Å². The normalized spacial score (nSPS) is 10.8. The number of hydrogen-bond donors (Lipinski definition) is 1. The van der Waals surface area contributed by atoms with Crippen LogP contribution in [-0.4, -0.2) is 16.6 Å². The number of hydrogen-bond acceptors (Lipinski definition) is 3. The molecule has 0 aliphatic rings. The lowest BCUT2D eigenvalue weighted by Crippen LogP contribution is -2.13. The van der Waals surface area contributed by atoms with Crippen LogP contribution in [0.3, 0.4) is 0 Å². The molecule has 1 aromatic carbocycles. The molecule has 1 amide bonds. The molecule has 0 fully saturated rings. The Morgan fingerprint density at radius 2 is 1.78 bits per heavy atom. The van der Waals surface area contributed by atoms with Crippen LogP contribution >= 0.6 is 11.8 Å². The number of amides is 1. The molecule has 0 unspecified atom stereocenters. The number of aryl methyl sites for hydroxylation is 3. The predicted molar refractivity (Wildman–Crippen MR) is 75.9 cm³/mol. The van der Waals surface area contributed by atoms with Crippen molar-refractivity contribution in [3.05, 3.63) is 34.9 Å². The largest absolute Gasteiger partial charge is 0.369 e. The number of primary amides is 1. The third-order valence-electron chi connectivity index (χ3n) is 2.93. The summed E-state index contributed by atoms with van der Waals surface area (Å²) in [6.45, 7) is 6.18. The van der Waals surface area contributed by atoms with E-state index in [4.69, 9.17) is 5.73 Å². The first-order valence-corrected chi connectivity index (χ1v) is 6.75. The summed E-state index contributed by atoms with van der Waals surface area (Å²) in [6.07, 6.45) is 0. The van der Waals surface area contributed by atoms with Crippen molar-refractivity contribution in [2.24, 2.45) is 5.73 Å². The second-order valence-corrected chi connectivity index (χ2v) is 5.46. The number of aromatic nitrogens is 1. The minimum Gasteiger partial charge on any atom is -0.369 e. The zero-order valence-electron chi connectivity index (χ0n) is 10.8. The third-order valence-corrected chi connectivity index (χ3v) is 4.04. The van der Waals surface area contributed by atoms with Crippen LogP contribution in [0.1, 0.15) is 16.7 Å². The quantitative estimate of drug-likeness (QED) is 0.863. The molecule has 0 radical (unpaired) electrons. The first-order chi connectivity index (χ1) is 8.47. The molecular weight excluding hydrogens is 244 g/mol. The van der Waals surface area contributed by atoms with E-state index in [1.165, 1.54) is 22.9 Å². The molecule has 1 heterocycles. The number of carbonyl (C=O) groups is 1. The van der Waals surface area contributed by atoms with Crippen LogP contribution in [0.2, 0.25) is 0 Å². The number of nitrogens with zero attached hydrogens (tertiary/aromatic N) is 1. The van der Waals surface area contributed by atoms with Gasteiger partial charge in [-0.25, -0.2) is 4.98 Å². The molecule has 0 bridgehead atoms. The Balaban J connectivity index is 2.47. The fraction of sp³-hybridized carbons (Fsp3) is 0.286. The number of fused-ring (bicyclic) bond motifs is 1. The maximum atomic E-state index is 10.8. The summed E-state index contributed by atoms with van der Waals surface area (Å²) in [6, 6.07) is 6.34. The SMILES string of the molecule is Cc1cc2cc(C)c(SCC(N)=O)nc2cc1C. The summed E-state index contributed by atoms with van der Waals surface area (Å²) >= 11 is 1.39. The summed E-state index contributed by atoms with van der Waals surface area (Å²) < 4.78 is 0. The van der Waals surface area contributed by atoms with E-state index in [0.717, 1.165) is 21.5 Å². The van der Waals surface area contributed by atoms with Crippen LogP contribution in [0, 0.1) is 20.8 Å².